The fourth-order valence-corrected chi connectivity index (χ4v) is 2.75. The van der Waals surface area contributed by atoms with Crippen molar-refractivity contribution >= 4 is 34.1 Å². The van der Waals surface area contributed by atoms with E-state index >= 15 is 0 Å². The lowest BCUT2D eigenvalue weighted by molar-refractivity contribution is -0.113. The topological polar surface area (TPSA) is 80.7 Å². The predicted octanol–water partition coefficient (Wildman–Crippen LogP) is 2.73. The molecule has 2 aromatic heterocycles. The molecule has 8 heteroatoms. The molecule has 110 valence electrons. The molecule has 22 heavy (non-hydrogen) atoms. The van der Waals surface area contributed by atoms with Gasteiger partial charge in [0.15, 0.2) is 5.13 Å². The minimum Gasteiger partial charge on any atom is -0.301 e. The Kier molecular flexibility index (Phi) is 4.71. The zero-order chi connectivity index (χ0) is 15.2. The van der Waals surface area contributed by atoms with Gasteiger partial charge in [-0.25, -0.2) is 9.97 Å². The number of thiazole rings is 1. The van der Waals surface area contributed by atoms with E-state index < -0.39 is 0 Å². The molecule has 2 heterocycles. The van der Waals surface area contributed by atoms with Crippen molar-refractivity contribution in [3.8, 4) is 11.3 Å². The Bertz CT molecular complexity index is 732. The summed E-state index contributed by atoms with van der Waals surface area (Å²) in [7, 11) is 0. The maximum atomic E-state index is 11.7. The van der Waals surface area contributed by atoms with Crippen LogP contribution < -0.4 is 5.32 Å². The third kappa shape index (κ3) is 3.86. The largest absolute Gasteiger partial charge is 0.301 e. The zero-order valence-electron chi connectivity index (χ0n) is 11.3. The van der Waals surface area contributed by atoms with Gasteiger partial charge in [0.05, 0.1) is 11.9 Å². The molecular weight excluding hydrogens is 318 g/mol. The van der Waals surface area contributed by atoms with Crippen LogP contribution in [-0.4, -0.2) is 31.8 Å². The van der Waals surface area contributed by atoms with Gasteiger partial charge in [-0.15, -0.1) is 21.5 Å². The van der Waals surface area contributed by atoms with E-state index in [0.717, 1.165) is 5.56 Å². The van der Waals surface area contributed by atoms with Crippen molar-refractivity contribution in [2.75, 3.05) is 11.1 Å². The lowest BCUT2D eigenvalue weighted by Gasteiger charge is -2.02. The molecule has 0 aliphatic rings. The average Bonchev–Trinajstić information content (AvgIpc) is 3.07. The van der Waals surface area contributed by atoms with Crippen LogP contribution in [0.5, 0.6) is 0 Å². The second kappa shape index (κ2) is 7.10. The van der Waals surface area contributed by atoms with Gasteiger partial charge in [0.25, 0.3) is 0 Å². The lowest BCUT2D eigenvalue weighted by Crippen LogP contribution is -2.14. The maximum absolute atomic E-state index is 11.7. The van der Waals surface area contributed by atoms with Crippen molar-refractivity contribution < 1.29 is 4.79 Å². The Morgan fingerprint density at radius 2 is 2.05 bits per heavy atom. The van der Waals surface area contributed by atoms with Crippen LogP contribution in [0.3, 0.4) is 0 Å². The van der Waals surface area contributed by atoms with Gasteiger partial charge in [-0.3, -0.25) is 4.79 Å². The number of nitrogens with zero attached hydrogens (tertiary/aromatic N) is 4. The molecule has 0 radical (unpaired) electrons. The third-order valence-corrected chi connectivity index (χ3v) is 4.16. The molecular formula is C14H11N5OS2. The van der Waals surface area contributed by atoms with Gasteiger partial charge in [-0.1, -0.05) is 42.1 Å². The Balaban J connectivity index is 1.56. The van der Waals surface area contributed by atoms with Crippen LogP contribution in [-0.2, 0) is 4.79 Å². The summed E-state index contributed by atoms with van der Waals surface area (Å²) in [6.07, 6.45) is 3.30. The molecule has 3 rings (SSSR count). The van der Waals surface area contributed by atoms with Crippen molar-refractivity contribution in [2.24, 2.45) is 0 Å². The van der Waals surface area contributed by atoms with Gasteiger partial charge in [0, 0.05) is 17.1 Å². The molecule has 1 amide bonds. The number of thioether (sulfide) groups is 1. The first kappa shape index (κ1) is 14.6. The first-order valence-corrected chi connectivity index (χ1v) is 8.25. The number of nitrogens with one attached hydrogen (secondary N) is 1. The van der Waals surface area contributed by atoms with Crippen LogP contribution >= 0.6 is 23.1 Å². The number of carbonyl (C=O) groups is 1. The number of anilines is 1. The highest BCUT2D eigenvalue weighted by molar-refractivity contribution is 7.99. The standard InChI is InChI=1S/C14H11N5OS2/c20-12(17-13-15-6-7-21-13)9-22-14-16-8-11(18-19-14)10-4-2-1-3-5-10/h1-8H,9H2,(H,15,17,20). The minimum absolute atomic E-state index is 0.143. The normalized spacial score (nSPS) is 10.4. The van der Waals surface area contributed by atoms with Crippen LogP contribution in [0.1, 0.15) is 0 Å². The molecule has 0 saturated carbocycles. The van der Waals surface area contributed by atoms with E-state index in [9.17, 15) is 4.79 Å². The van der Waals surface area contributed by atoms with Crippen LogP contribution in [0.4, 0.5) is 5.13 Å². The Labute approximate surface area is 135 Å². The number of amides is 1. The van der Waals surface area contributed by atoms with Crippen molar-refractivity contribution in [3.05, 3.63) is 48.1 Å². The van der Waals surface area contributed by atoms with E-state index in [0.29, 0.717) is 16.0 Å². The Morgan fingerprint density at radius 1 is 1.18 bits per heavy atom. The summed E-state index contributed by atoms with van der Waals surface area (Å²) in [6, 6.07) is 9.70. The summed E-state index contributed by atoms with van der Waals surface area (Å²) in [5.41, 5.74) is 1.66. The van der Waals surface area contributed by atoms with E-state index in [1.165, 1.54) is 23.1 Å². The summed E-state index contributed by atoms with van der Waals surface area (Å²) in [5.74, 6) is 0.0713. The van der Waals surface area contributed by atoms with Crippen LogP contribution in [0, 0.1) is 0 Å². The molecule has 1 N–H and O–H groups in total. The lowest BCUT2D eigenvalue weighted by atomic mass is 10.2. The van der Waals surface area contributed by atoms with Crippen LogP contribution in [0.25, 0.3) is 11.3 Å². The van der Waals surface area contributed by atoms with E-state index in [1.807, 2.05) is 30.3 Å². The first-order chi connectivity index (χ1) is 10.8. The molecule has 3 aromatic rings. The molecule has 1 aromatic carbocycles. The van der Waals surface area contributed by atoms with Gasteiger partial charge in [-0.05, 0) is 0 Å². The smallest absolute Gasteiger partial charge is 0.236 e. The summed E-state index contributed by atoms with van der Waals surface area (Å²) in [4.78, 5) is 19.9. The second-order valence-corrected chi connectivity index (χ2v) is 6.00. The summed E-state index contributed by atoms with van der Waals surface area (Å²) >= 11 is 2.61. The number of carbonyl (C=O) groups excluding carboxylic acids is 1. The average molecular weight is 329 g/mol. The van der Waals surface area contributed by atoms with E-state index in [1.54, 1.807) is 17.8 Å². The summed E-state index contributed by atoms with van der Waals surface area (Å²) < 4.78 is 0. The number of hydrogen-bond acceptors (Lipinski definition) is 7. The van der Waals surface area contributed by atoms with E-state index in [4.69, 9.17) is 0 Å². The van der Waals surface area contributed by atoms with Crippen molar-refractivity contribution in [1.29, 1.82) is 0 Å². The Morgan fingerprint density at radius 3 is 2.73 bits per heavy atom. The SMILES string of the molecule is O=C(CSc1ncc(-c2ccccc2)nn1)Nc1nccs1. The highest BCUT2D eigenvalue weighted by Gasteiger charge is 2.08. The minimum atomic E-state index is -0.143. The molecule has 0 aliphatic heterocycles. The quantitative estimate of drug-likeness (QED) is 0.725. The van der Waals surface area contributed by atoms with E-state index in [-0.39, 0.29) is 11.7 Å². The summed E-state index contributed by atoms with van der Waals surface area (Å²) in [6.45, 7) is 0. The van der Waals surface area contributed by atoms with E-state index in [2.05, 4.69) is 25.5 Å². The van der Waals surface area contributed by atoms with Crippen LogP contribution in [0.15, 0.2) is 53.3 Å². The van der Waals surface area contributed by atoms with Gasteiger partial charge >= 0.3 is 0 Å². The van der Waals surface area contributed by atoms with Gasteiger partial charge in [0.2, 0.25) is 11.1 Å². The molecule has 0 atom stereocenters. The number of aromatic nitrogens is 4. The molecule has 0 aliphatic carbocycles. The van der Waals surface area contributed by atoms with Crippen molar-refractivity contribution in [1.82, 2.24) is 20.2 Å². The molecule has 0 spiro atoms. The molecule has 0 fully saturated rings. The first-order valence-electron chi connectivity index (χ1n) is 6.38. The number of hydrogen-bond donors (Lipinski definition) is 1. The second-order valence-electron chi connectivity index (χ2n) is 4.17. The van der Waals surface area contributed by atoms with Crippen LogP contribution in [0.2, 0.25) is 0 Å². The summed E-state index contributed by atoms with van der Waals surface area (Å²) in [5, 5.41) is 13.7. The van der Waals surface area contributed by atoms with Gasteiger partial charge in [-0.2, -0.15) is 0 Å². The van der Waals surface area contributed by atoms with Crippen molar-refractivity contribution in [2.45, 2.75) is 5.16 Å². The maximum Gasteiger partial charge on any atom is 0.236 e. The molecule has 0 bridgehead atoms. The number of benzene rings is 1. The highest BCUT2D eigenvalue weighted by Crippen LogP contribution is 2.17. The fraction of sp³-hybridized carbons (Fsp3) is 0.0714. The highest BCUT2D eigenvalue weighted by atomic mass is 32.2. The van der Waals surface area contributed by atoms with Gasteiger partial charge < -0.3 is 5.32 Å². The van der Waals surface area contributed by atoms with Crippen molar-refractivity contribution in [3.63, 3.8) is 0 Å². The zero-order valence-corrected chi connectivity index (χ0v) is 13.0. The molecule has 0 unspecified atom stereocenters. The third-order valence-electron chi connectivity index (χ3n) is 2.62. The Hall–Kier alpha value is -2.32. The van der Waals surface area contributed by atoms with Gasteiger partial charge in [0.1, 0.15) is 5.69 Å². The molecule has 6 nitrogen and oxygen atoms in total. The number of rotatable bonds is 5. The predicted molar refractivity (Wildman–Crippen MR) is 86.7 cm³/mol. The molecule has 0 saturated heterocycles. The fourth-order valence-electron chi connectivity index (χ4n) is 1.64. The monoisotopic (exact) mass is 329 g/mol.